The number of fused-ring (bicyclic) bond motifs is 1. The van der Waals surface area contributed by atoms with E-state index in [0.29, 0.717) is 21.2 Å². The van der Waals surface area contributed by atoms with Crippen molar-refractivity contribution in [3.63, 3.8) is 0 Å². The first kappa shape index (κ1) is 22.0. The molecule has 1 aromatic carbocycles. The highest BCUT2D eigenvalue weighted by Gasteiger charge is 2.21. The number of hydrogen-bond donors (Lipinski definition) is 1. The van der Waals surface area contributed by atoms with Gasteiger partial charge >= 0.3 is 5.97 Å². The number of hydrogen-bond acceptors (Lipinski definition) is 6. The summed E-state index contributed by atoms with van der Waals surface area (Å²) < 4.78 is 4.96. The van der Waals surface area contributed by atoms with Gasteiger partial charge in [-0.1, -0.05) is 18.0 Å². The van der Waals surface area contributed by atoms with Crippen LogP contribution in [0.2, 0.25) is 5.02 Å². The van der Waals surface area contributed by atoms with E-state index in [1.165, 1.54) is 16.2 Å². The summed E-state index contributed by atoms with van der Waals surface area (Å²) in [7, 11) is 0. The summed E-state index contributed by atoms with van der Waals surface area (Å²) in [6.45, 7) is -0.391. The van der Waals surface area contributed by atoms with Crippen LogP contribution in [0.15, 0.2) is 24.3 Å². The summed E-state index contributed by atoms with van der Waals surface area (Å²) in [6, 6.07) is 8.49. The molecule has 3 rings (SSSR count). The van der Waals surface area contributed by atoms with Crippen molar-refractivity contribution in [1.82, 2.24) is 0 Å². The molecular formula is C22H21ClN2O4S. The molecule has 0 spiro atoms. The quantitative estimate of drug-likeness (QED) is 0.379. The minimum Gasteiger partial charge on any atom is -0.457 e. The van der Waals surface area contributed by atoms with Crippen LogP contribution in [0.1, 0.15) is 58.5 Å². The highest BCUT2D eigenvalue weighted by Crippen LogP contribution is 2.37. The third-order valence-electron chi connectivity index (χ3n) is 4.87. The normalized spacial score (nSPS) is 12.9. The maximum absolute atomic E-state index is 12.3. The van der Waals surface area contributed by atoms with Crippen molar-refractivity contribution in [2.75, 3.05) is 11.9 Å². The number of aryl methyl sites for hydroxylation is 1. The van der Waals surface area contributed by atoms with Crippen LogP contribution in [-0.4, -0.2) is 24.3 Å². The number of carbonyl (C=O) groups is 3. The summed E-state index contributed by atoms with van der Waals surface area (Å²) in [5.41, 5.74) is 1.99. The zero-order chi connectivity index (χ0) is 21.5. The van der Waals surface area contributed by atoms with Crippen LogP contribution in [0.3, 0.4) is 0 Å². The largest absolute Gasteiger partial charge is 0.457 e. The van der Waals surface area contributed by atoms with E-state index in [9.17, 15) is 19.6 Å². The first-order valence-corrected chi connectivity index (χ1v) is 11.0. The molecule has 1 amide bonds. The number of rotatable bonds is 7. The van der Waals surface area contributed by atoms with Gasteiger partial charge in [-0.2, -0.15) is 5.26 Å². The van der Waals surface area contributed by atoms with E-state index in [-0.39, 0.29) is 24.5 Å². The Kier molecular flexibility index (Phi) is 7.61. The number of carbonyl (C=O) groups excluding carboxylic acids is 3. The van der Waals surface area contributed by atoms with Gasteiger partial charge < -0.3 is 10.1 Å². The number of benzene rings is 1. The number of esters is 1. The molecule has 1 N–H and O–H groups in total. The second-order valence-electron chi connectivity index (χ2n) is 7.02. The molecule has 0 atom stereocenters. The third kappa shape index (κ3) is 5.68. The predicted octanol–water partition coefficient (Wildman–Crippen LogP) is 4.69. The fraction of sp³-hybridized carbons (Fsp3) is 0.364. The van der Waals surface area contributed by atoms with Crippen LogP contribution in [0.25, 0.3) is 0 Å². The lowest BCUT2D eigenvalue weighted by Crippen LogP contribution is -2.17. The summed E-state index contributed by atoms with van der Waals surface area (Å²) in [5, 5.41) is 13.3. The molecule has 0 saturated carbocycles. The summed E-state index contributed by atoms with van der Waals surface area (Å²) in [5.74, 6) is -1.33. The van der Waals surface area contributed by atoms with Crippen LogP contribution < -0.4 is 5.32 Å². The Labute approximate surface area is 183 Å². The topological polar surface area (TPSA) is 96.3 Å². The van der Waals surface area contributed by atoms with E-state index in [4.69, 9.17) is 16.3 Å². The van der Waals surface area contributed by atoms with E-state index < -0.39 is 12.6 Å². The van der Waals surface area contributed by atoms with Gasteiger partial charge in [0.2, 0.25) is 5.91 Å². The lowest BCUT2D eigenvalue weighted by atomic mass is 10.1. The van der Waals surface area contributed by atoms with Gasteiger partial charge in [-0.15, -0.1) is 11.3 Å². The Balaban J connectivity index is 1.48. The molecule has 156 valence electrons. The molecule has 0 aliphatic heterocycles. The van der Waals surface area contributed by atoms with Crippen molar-refractivity contribution in [3.05, 3.63) is 50.9 Å². The average Bonchev–Trinajstić information content (AvgIpc) is 2.89. The van der Waals surface area contributed by atoms with Crippen molar-refractivity contribution in [2.45, 2.75) is 44.9 Å². The average molecular weight is 445 g/mol. The fourth-order valence-corrected chi connectivity index (χ4v) is 4.67. The van der Waals surface area contributed by atoms with Crippen LogP contribution >= 0.6 is 22.9 Å². The molecule has 8 heteroatoms. The van der Waals surface area contributed by atoms with Gasteiger partial charge in [0, 0.05) is 21.9 Å². The molecule has 0 bridgehead atoms. The van der Waals surface area contributed by atoms with Crippen molar-refractivity contribution < 1.29 is 19.1 Å². The lowest BCUT2D eigenvalue weighted by molar-refractivity contribution is -0.143. The third-order valence-corrected chi connectivity index (χ3v) is 6.33. The second kappa shape index (κ2) is 10.4. The molecule has 0 saturated heterocycles. The molecule has 2 aromatic rings. The van der Waals surface area contributed by atoms with Crippen molar-refractivity contribution >= 4 is 45.6 Å². The maximum atomic E-state index is 12.3. The van der Waals surface area contributed by atoms with Gasteiger partial charge in [0.25, 0.3) is 0 Å². The standard InChI is InChI=1S/C22H21ClN2O4S/c23-15-8-6-14(7-9-15)18(26)13-29-21(28)11-10-20(27)25-22-17(12-24)16-4-2-1-3-5-19(16)30-22/h6-9H,1-5,10-11,13H2,(H,25,27). The molecule has 1 heterocycles. The molecule has 6 nitrogen and oxygen atoms in total. The van der Waals surface area contributed by atoms with E-state index in [1.807, 2.05) is 0 Å². The molecule has 0 unspecified atom stereocenters. The number of Topliss-reactive ketones (excluding diaryl/α,β-unsaturated/α-hetero) is 1. The summed E-state index contributed by atoms with van der Waals surface area (Å²) in [4.78, 5) is 37.3. The number of anilines is 1. The highest BCUT2D eigenvalue weighted by atomic mass is 35.5. The number of nitrogens with zero attached hydrogens (tertiary/aromatic N) is 1. The summed E-state index contributed by atoms with van der Waals surface area (Å²) in [6.07, 6.45) is 4.85. The molecule has 0 fully saturated rings. The minimum atomic E-state index is -0.630. The van der Waals surface area contributed by atoms with E-state index >= 15 is 0 Å². The number of amides is 1. The predicted molar refractivity (Wildman–Crippen MR) is 115 cm³/mol. The van der Waals surface area contributed by atoms with Gasteiger partial charge in [0.15, 0.2) is 12.4 Å². The zero-order valence-corrected chi connectivity index (χ0v) is 17.9. The van der Waals surface area contributed by atoms with Gasteiger partial charge in [0.05, 0.1) is 12.0 Å². The molecule has 1 aliphatic rings. The number of nitrogens with one attached hydrogen (secondary N) is 1. The Morgan fingerprint density at radius 3 is 2.57 bits per heavy atom. The van der Waals surface area contributed by atoms with Gasteiger partial charge in [-0.25, -0.2) is 0 Å². The van der Waals surface area contributed by atoms with Gasteiger partial charge in [-0.3, -0.25) is 14.4 Å². The van der Waals surface area contributed by atoms with Crippen LogP contribution in [0.5, 0.6) is 0 Å². The number of ether oxygens (including phenoxy) is 1. The van der Waals surface area contributed by atoms with E-state index in [1.54, 1.807) is 24.3 Å². The highest BCUT2D eigenvalue weighted by molar-refractivity contribution is 7.16. The number of ketones is 1. The van der Waals surface area contributed by atoms with Crippen LogP contribution in [0, 0.1) is 11.3 Å². The van der Waals surface area contributed by atoms with Gasteiger partial charge in [-0.05, 0) is 55.5 Å². The van der Waals surface area contributed by atoms with E-state index in [0.717, 1.165) is 37.7 Å². The zero-order valence-electron chi connectivity index (χ0n) is 16.3. The molecular weight excluding hydrogens is 424 g/mol. The SMILES string of the molecule is N#Cc1c(NC(=O)CCC(=O)OCC(=O)c2ccc(Cl)cc2)sc2c1CCCCC2. The van der Waals surface area contributed by atoms with Crippen molar-refractivity contribution in [1.29, 1.82) is 5.26 Å². The Morgan fingerprint density at radius 2 is 1.83 bits per heavy atom. The maximum Gasteiger partial charge on any atom is 0.306 e. The Bertz CT molecular complexity index is 992. The minimum absolute atomic E-state index is 0.0819. The Hall–Kier alpha value is -2.69. The molecule has 0 radical (unpaired) electrons. The smallest absolute Gasteiger partial charge is 0.306 e. The molecule has 30 heavy (non-hydrogen) atoms. The van der Waals surface area contributed by atoms with Crippen LogP contribution in [-0.2, 0) is 27.2 Å². The monoisotopic (exact) mass is 444 g/mol. The van der Waals surface area contributed by atoms with Crippen molar-refractivity contribution in [2.24, 2.45) is 0 Å². The molecule has 1 aromatic heterocycles. The lowest BCUT2D eigenvalue weighted by Gasteiger charge is -2.06. The van der Waals surface area contributed by atoms with Crippen molar-refractivity contribution in [3.8, 4) is 6.07 Å². The number of halogens is 1. The van der Waals surface area contributed by atoms with Crippen LogP contribution in [0.4, 0.5) is 5.00 Å². The summed E-state index contributed by atoms with van der Waals surface area (Å²) >= 11 is 7.23. The second-order valence-corrected chi connectivity index (χ2v) is 8.56. The first-order valence-electron chi connectivity index (χ1n) is 9.77. The number of thiophene rings is 1. The molecule has 1 aliphatic carbocycles. The van der Waals surface area contributed by atoms with Gasteiger partial charge in [0.1, 0.15) is 11.1 Å². The Morgan fingerprint density at radius 1 is 1.10 bits per heavy atom. The fourth-order valence-electron chi connectivity index (χ4n) is 3.29. The number of nitriles is 1. The van der Waals surface area contributed by atoms with E-state index in [2.05, 4.69) is 11.4 Å². The first-order chi connectivity index (χ1) is 14.5.